The molecule has 0 saturated carbocycles. The van der Waals surface area contributed by atoms with Gasteiger partial charge in [-0.15, -0.1) is 6.58 Å². The first-order valence-electron chi connectivity index (χ1n) is 5.19. The summed E-state index contributed by atoms with van der Waals surface area (Å²) in [5.74, 6) is -0.0175. The number of benzene rings is 1. The minimum Gasteiger partial charge on any atom is -0.380 e. The summed E-state index contributed by atoms with van der Waals surface area (Å²) in [6, 6.07) is 9.66. The lowest BCUT2D eigenvalue weighted by Crippen LogP contribution is -2.30. The van der Waals surface area contributed by atoms with Gasteiger partial charge in [-0.2, -0.15) is 0 Å². The van der Waals surface area contributed by atoms with E-state index in [1.807, 2.05) is 56.3 Å². The number of hydrogen-bond donors (Lipinski definition) is 1. The highest BCUT2D eigenvalue weighted by Crippen LogP contribution is 2.31. The summed E-state index contributed by atoms with van der Waals surface area (Å²) in [6.07, 6.45) is 5.45. The molecule has 1 heteroatoms. The fourth-order valence-corrected chi connectivity index (χ4v) is 1.65. The highest BCUT2D eigenvalue weighted by Gasteiger charge is 2.30. The van der Waals surface area contributed by atoms with Gasteiger partial charge in [-0.25, -0.2) is 0 Å². The van der Waals surface area contributed by atoms with E-state index in [2.05, 4.69) is 6.58 Å². The van der Waals surface area contributed by atoms with Crippen LogP contribution in [0.3, 0.4) is 0 Å². The zero-order valence-corrected chi connectivity index (χ0v) is 9.35. The fraction of sp³-hybridized carbons (Fsp3) is 0.286. The number of allylic oxidation sites excluding steroid dienone is 1. The number of hydrogen-bond acceptors (Lipinski definition) is 1. The van der Waals surface area contributed by atoms with Crippen LogP contribution < -0.4 is 0 Å². The second-order valence-electron chi connectivity index (χ2n) is 3.72. The molecule has 1 aromatic rings. The molecule has 0 fully saturated rings. The van der Waals surface area contributed by atoms with E-state index < -0.39 is 5.60 Å². The van der Waals surface area contributed by atoms with Crippen molar-refractivity contribution in [3.8, 4) is 0 Å². The van der Waals surface area contributed by atoms with Crippen molar-refractivity contribution in [3.63, 3.8) is 0 Å². The third-order valence-electron chi connectivity index (χ3n) is 2.70. The average Bonchev–Trinajstić information content (AvgIpc) is 2.29. The van der Waals surface area contributed by atoms with E-state index in [0.717, 1.165) is 5.56 Å². The minimum absolute atomic E-state index is 0.0175. The van der Waals surface area contributed by atoms with Crippen LogP contribution in [-0.4, -0.2) is 5.11 Å². The molecule has 0 heterocycles. The Labute approximate surface area is 91.8 Å². The normalized spacial score (nSPS) is 17.3. The Hall–Kier alpha value is -1.34. The lowest BCUT2D eigenvalue weighted by Gasteiger charge is -2.30. The van der Waals surface area contributed by atoms with Gasteiger partial charge in [-0.3, -0.25) is 0 Å². The van der Waals surface area contributed by atoms with E-state index in [9.17, 15) is 5.11 Å². The Morgan fingerprint density at radius 2 is 1.93 bits per heavy atom. The molecule has 0 spiro atoms. The predicted molar refractivity (Wildman–Crippen MR) is 64.5 cm³/mol. The van der Waals surface area contributed by atoms with Gasteiger partial charge >= 0.3 is 0 Å². The molecule has 0 amide bonds. The van der Waals surface area contributed by atoms with Crippen molar-refractivity contribution in [1.29, 1.82) is 0 Å². The van der Waals surface area contributed by atoms with E-state index in [4.69, 9.17) is 0 Å². The van der Waals surface area contributed by atoms with Crippen LogP contribution in [0.15, 0.2) is 55.1 Å². The van der Waals surface area contributed by atoms with Gasteiger partial charge in [-0.05, 0) is 12.5 Å². The van der Waals surface area contributed by atoms with Crippen molar-refractivity contribution in [2.75, 3.05) is 0 Å². The number of aliphatic hydroxyl groups is 1. The average molecular weight is 202 g/mol. The molecule has 0 radical (unpaired) electrons. The summed E-state index contributed by atoms with van der Waals surface area (Å²) in [5, 5.41) is 10.6. The topological polar surface area (TPSA) is 20.2 Å². The first-order chi connectivity index (χ1) is 7.15. The summed E-state index contributed by atoms with van der Waals surface area (Å²) in [6.45, 7) is 7.61. The van der Waals surface area contributed by atoms with Crippen LogP contribution >= 0.6 is 0 Å². The van der Waals surface area contributed by atoms with Crippen molar-refractivity contribution in [2.24, 2.45) is 5.92 Å². The molecule has 1 rings (SSSR count). The maximum absolute atomic E-state index is 10.6. The molecule has 0 aliphatic heterocycles. The summed E-state index contributed by atoms with van der Waals surface area (Å²) in [7, 11) is 0. The van der Waals surface area contributed by atoms with Crippen LogP contribution in [0.4, 0.5) is 0 Å². The van der Waals surface area contributed by atoms with Crippen LogP contribution in [0.5, 0.6) is 0 Å². The van der Waals surface area contributed by atoms with Crippen LogP contribution in [0, 0.1) is 5.92 Å². The molecule has 2 atom stereocenters. The smallest absolute Gasteiger partial charge is 0.114 e. The Kier molecular flexibility index (Phi) is 3.87. The van der Waals surface area contributed by atoms with E-state index >= 15 is 0 Å². The molecule has 0 aliphatic rings. The second-order valence-corrected chi connectivity index (χ2v) is 3.72. The predicted octanol–water partition coefficient (Wildman–Crippen LogP) is 3.27. The van der Waals surface area contributed by atoms with Gasteiger partial charge in [-0.1, -0.05) is 55.5 Å². The van der Waals surface area contributed by atoms with E-state index in [-0.39, 0.29) is 5.92 Å². The lowest BCUT2D eigenvalue weighted by atomic mass is 9.82. The Balaban J connectivity index is 3.18. The monoisotopic (exact) mass is 202 g/mol. The highest BCUT2D eigenvalue weighted by atomic mass is 16.3. The van der Waals surface area contributed by atoms with Gasteiger partial charge < -0.3 is 5.11 Å². The molecule has 0 aliphatic carbocycles. The summed E-state index contributed by atoms with van der Waals surface area (Å²) in [5.41, 5.74) is -0.0481. The van der Waals surface area contributed by atoms with Gasteiger partial charge in [0.25, 0.3) is 0 Å². The summed E-state index contributed by atoms with van der Waals surface area (Å²) >= 11 is 0. The Morgan fingerprint density at radius 3 is 2.40 bits per heavy atom. The SMILES string of the molecule is C=C[C@H](C)[C@](O)(/C=C/C)c1ccccc1. The zero-order valence-electron chi connectivity index (χ0n) is 9.35. The first kappa shape index (κ1) is 11.7. The largest absolute Gasteiger partial charge is 0.380 e. The first-order valence-corrected chi connectivity index (χ1v) is 5.19. The van der Waals surface area contributed by atoms with Crippen LogP contribution in [-0.2, 0) is 5.60 Å². The molecule has 0 unspecified atom stereocenters. The van der Waals surface area contributed by atoms with Gasteiger partial charge in [0.15, 0.2) is 0 Å². The van der Waals surface area contributed by atoms with E-state index in [1.54, 1.807) is 6.08 Å². The molecular weight excluding hydrogens is 184 g/mol. The summed E-state index contributed by atoms with van der Waals surface area (Å²) < 4.78 is 0. The third kappa shape index (κ3) is 2.37. The van der Waals surface area contributed by atoms with Gasteiger partial charge in [0.05, 0.1) is 0 Å². The van der Waals surface area contributed by atoms with Crippen molar-refractivity contribution >= 4 is 0 Å². The lowest BCUT2D eigenvalue weighted by molar-refractivity contribution is 0.0518. The molecule has 15 heavy (non-hydrogen) atoms. The van der Waals surface area contributed by atoms with E-state index in [0.29, 0.717) is 0 Å². The van der Waals surface area contributed by atoms with E-state index in [1.165, 1.54) is 0 Å². The highest BCUT2D eigenvalue weighted by molar-refractivity contribution is 5.29. The Bertz CT molecular complexity index is 340. The van der Waals surface area contributed by atoms with Crippen molar-refractivity contribution in [3.05, 3.63) is 60.7 Å². The molecular formula is C14H18O. The maximum Gasteiger partial charge on any atom is 0.114 e. The molecule has 1 aromatic carbocycles. The van der Waals surface area contributed by atoms with Crippen LogP contribution in [0.2, 0.25) is 0 Å². The van der Waals surface area contributed by atoms with Crippen molar-refractivity contribution in [2.45, 2.75) is 19.4 Å². The molecule has 0 saturated heterocycles. The summed E-state index contributed by atoms with van der Waals surface area (Å²) in [4.78, 5) is 0. The zero-order chi connectivity index (χ0) is 11.3. The molecule has 0 aromatic heterocycles. The van der Waals surface area contributed by atoms with Crippen LogP contribution in [0.1, 0.15) is 19.4 Å². The molecule has 0 bridgehead atoms. The van der Waals surface area contributed by atoms with Crippen molar-refractivity contribution in [1.82, 2.24) is 0 Å². The van der Waals surface area contributed by atoms with Crippen LogP contribution in [0.25, 0.3) is 0 Å². The van der Waals surface area contributed by atoms with Crippen molar-refractivity contribution < 1.29 is 5.11 Å². The maximum atomic E-state index is 10.6. The standard InChI is InChI=1S/C14H18O/c1-4-11-14(15,12(3)5-2)13-9-7-6-8-10-13/h4-12,15H,2H2,1,3H3/b11-4+/t12-,14+/m0/s1. The van der Waals surface area contributed by atoms with Gasteiger partial charge in [0.2, 0.25) is 0 Å². The molecule has 1 nitrogen and oxygen atoms in total. The molecule has 1 N–H and O–H groups in total. The quantitative estimate of drug-likeness (QED) is 0.743. The third-order valence-corrected chi connectivity index (χ3v) is 2.70. The van der Waals surface area contributed by atoms with Gasteiger partial charge in [0.1, 0.15) is 5.60 Å². The Morgan fingerprint density at radius 1 is 1.33 bits per heavy atom. The van der Waals surface area contributed by atoms with Gasteiger partial charge in [0, 0.05) is 5.92 Å². The fourth-order valence-electron chi connectivity index (χ4n) is 1.65. The molecule has 80 valence electrons. The minimum atomic E-state index is -0.947. The second kappa shape index (κ2) is 4.94. The number of rotatable bonds is 4.